The first-order valence-corrected chi connectivity index (χ1v) is 9.29. The van der Waals surface area contributed by atoms with Gasteiger partial charge in [-0.3, -0.25) is 4.79 Å². The number of carbonyl (C=O) groups excluding carboxylic acids is 1. The van der Waals surface area contributed by atoms with Gasteiger partial charge in [0.25, 0.3) is 0 Å². The van der Waals surface area contributed by atoms with Gasteiger partial charge in [-0.1, -0.05) is 43.3 Å². The van der Waals surface area contributed by atoms with Gasteiger partial charge >= 0.3 is 0 Å². The summed E-state index contributed by atoms with van der Waals surface area (Å²) in [4.78, 5) is 12.7. The van der Waals surface area contributed by atoms with Crippen LogP contribution in [0, 0.1) is 13.8 Å². The first-order valence-electron chi connectivity index (χ1n) is 9.29. The number of nitrogens with zero attached hydrogens (tertiary/aromatic N) is 2. The quantitative estimate of drug-likeness (QED) is 0.672. The van der Waals surface area contributed by atoms with Crippen LogP contribution in [0.5, 0.6) is 0 Å². The molecule has 3 aromatic rings. The van der Waals surface area contributed by atoms with Crippen molar-refractivity contribution in [2.75, 3.05) is 11.9 Å². The van der Waals surface area contributed by atoms with Gasteiger partial charge < -0.3 is 10.6 Å². The van der Waals surface area contributed by atoms with Crippen LogP contribution in [0.2, 0.25) is 0 Å². The molecule has 0 atom stereocenters. The molecule has 0 spiro atoms. The summed E-state index contributed by atoms with van der Waals surface area (Å²) in [5.41, 5.74) is 5.79. The molecule has 1 heterocycles. The SMILES string of the molecule is CCNCc1ccccc1NC(=O)Cc1c(C)nn(-c2ccccc2)c1C. The number of anilines is 1. The fraction of sp³-hybridized carbons (Fsp3) is 0.273. The van der Waals surface area contributed by atoms with E-state index in [2.05, 4.69) is 22.7 Å². The maximum Gasteiger partial charge on any atom is 0.228 e. The molecule has 0 saturated carbocycles. The Kier molecular flexibility index (Phi) is 6.04. The van der Waals surface area contributed by atoms with E-state index in [0.29, 0.717) is 6.42 Å². The lowest BCUT2D eigenvalue weighted by Gasteiger charge is -2.11. The molecule has 0 saturated heterocycles. The second kappa shape index (κ2) is 8.64. The number of aryl methyl sites for hydroxylation is 1. The number of aromatic nitrogens is 2. The molecule has 1 amide bonds. The fourth-order valence-electron chi connectivity index (χ4n) is 3.16. The molecule has 0 aliphatic carbocycles. The van der Waals surface area contributed by atoms with Crippen LogP contribution in [0.15, 0.2) is 54.6 Å². The van der Waals surface area contributed by atoms with Crippen molar-refractivity contribution in [3.05, 3.63) is 77.1 Å². The zero-order valence-electron chi connectivity index (χ0n) is 16.1. The Morgan fingerprint density at radius 3 is 2.48 bits per heavy atom. The summed E-state index contributed by atoms with van der Waals surface area (Å²) in [5, 5.41) is 11.0. The van der Waals surface area contributed by atoms with Crippen molar-refractivity contribution in [1.29, 1.82) is 0 Å². The van der Waals surface area contributed by atoms with Gasteiger partial charge in [0, 0.05) is 23.5 Å². The molecule has 27 heavy (non-hydrogen) atoms. The third-order valence-corrected chi connectivity index (χ3v) is 4.64. The van der Waals surface area contributed by atoms with Crippen LogP contribution >= 0.6 is 0 Å². The summed E-state index contributed by atoms with van der Waals surface area (Å²) in [6.45, 7) is 7.65. The van der Waals surface area contributed by atoms with E-state index in [1.54, 1.807) is 0 Å². The molecular formula is C22H26N4O. The van der Waals surface area contributed by atoms with Crippen LogP contribution in [0.25, 0.3) is 5.69 Å². The lowest BCUT2D eigenvalue weighted by atomic mass is 10.1. The Hall–Kier alpha value is -2.92. The molecule has 5 heteroatoms. The van der Waals surface area contributed by atoms with E-state index in [9.17, 15) is 4.79 Å². The summed E-state index contributed by atoms with van der Waals surface area (Å²) in [7, 11) is 0. The van der Waals surface area contributed by atoms with Crippen molar-refractivity contribution < 1.29 is 4.79 Å². The minimum Gasteiger partial charge on any atom is -0.325 e. The summed E-state index contributed by atoms with van der Waals surface area (Å²) < 4.78 is 1.90. The van der Waals surface area contributed by atoms with Crippen LogP contribution in [0.4, 0.5) is 5.69 Å². The minimum atomic E-state index is -0.0299. The average Bonchev–Trinajstić information content (AvgIpc) is 2.96. The van der Waals surface area contributed by atoms with E-state index in [0.717, 1.165) is 47.0 Å². The Morgan fingerprint density at radius 1 is 1.04 bits per heavy atom. The van der Waals surface area contributed by atoms with Crippen molar-refractivity contribution >= 4 is 11.6 Å². The summed E-state index contributed by atoms with van der Waals surface area (Å²) in [5.74, 6) is -0.0299. The molecule has 0 aliphatic heterocycles. The molecule has 0 bridgehead atoms. The van der Waals surface area contributed by atoms with Gasteiger partial charge in [-0.25, -0.2) is 4.68 Å². The molecule has 0 unspecified atom stereocenters. The lowest BCUT2D eigenvalue weighted by Crippen LogP contribution is -2.18. The van der Waals surface area contributed by atoms with Gasteiger partial charge in [0.1, 0.15) is 0 Å². The molecule has 0 aliphatic rings. The van der Waals surface area contributed by atoms with Crippen LogP contribution in [-0.4, -0.2) is 22.2 Å². The standard InChI is InChI=1S/C22H26N4O/c1-4-23-15-18-10-8-9-13-21(18)24-22(27)14-20-16(2)25-26(17(20)3)19-11-6-5-7-12-19/h5-13,23H,4,14-15H2,1-3H3,(H,24,27). The van der Waals surface area contributed by atoms with Crippen LogP contribution < -0.4 is 10.6 Å². The van der Waals surface area contributed by atoms with Crippen molar-refractivity contribution in [1.82, 2.24) is 15.1 Å². The summed E-state index contributed by atoms with van der Waals surface area (Å²) in [6, 6.07) is 17.9. The van der Waals surface area contributed by atoms with Gasteiger partial charge in [0.2, 0.25) is 5.91 Å². The van der Waals surface area contributed by atoms with E-state index in [-0.39, 0.29) is 5.91 Å². The van der Waals surface area contributed by atoms with Gasteiger partial charge in [0.05, 0.1) is 17.8 Å². The normalized spacial score (nSPS) is 10.8. The number of amides is 1. The van der Waals surface area contributed by atoms with Gasteiger partial charge in [-0.05, 0) is 44.2 Å². The number of hydrogen-bond acceptors (Lipinski definition) is 3. The smallest absolute Gasteiger partial charge is 0.228 e. The summed E-state index contributed by atoms with van der Waals surface area (Å²) in [6.07, 6.45) is 0.306. The van der Waals surface area contributed by atoms with Crippen molar-refractivity contribution in [2.24, 2.45) is 0 Å². The molecule has 2 N–H and O–H groups in total. The first-order chi connectivity index (χ1) is 13.1. The van der Waals surface area contributed by atoms with Crippen LogP contribution in [0.3, 0.4) is 0 Å². The maximum atomic E-state index is 12.7. The predicted molar refractivity (Wildman–Crippen MR) is 109 cm³/mol. The topological polar surface area (TPSA) is 58.9 Å². The summed E-state index contributed by atoms with van der Waals surface area (Å²) >= 11 is 0. The number of nitrogens with one attached hydrogen (secondary N) is 2. The number of benzene rings is 2. The highest BCUT2D eigenvalue weighted by molar-refractivity contribution is 5.93. The molecule has 140 valence electrons. The van der Waals surface area contributed by atoms with E-state index in [1.165, 1.54) is 0 Å². The van der Waals surface area contributed by atoms with Crippen molar-refractivity contribution in [3.8, 4) is 5.69 Å². The van der Waals surface area contributed by atoms with E-state index >= 15 is 0 Å². The second-order valence-electron chi connectivity index (χ2n) is 6.56. The Morgan fingerprint density at radius 2 is 1.74 bits per heavy atom. The first kappa shape index (κ1) is 18.9. The van der Waals surface area contributed by atoms with Crippen LogP contribution in [0.1, 0.15) is 29.4 Å². The average molecular weight is 362 g/mol. The Labute approximate surface area is 160 Å². The lowest BCUT2D eigenvalue weighted by molar-refractivity contribution is -0.115. The number of rotatable bonds is 7. The molecule has 2 aromatic carbocycles. The Balaban J connectivity index is 1.77. The number of carbonyl (C=O) groups is 1. The molecule has 0 fully saturated rings. The minimum absolute atomic E-state index is 0.0299. The largest absolute Gasteiger partial charge is 0.325 e. The number of hydrogen-bond donors (Lipinski definition) is 2. The zero-order valence-corrected chi connectivity index (χ0v) is 16.1. The molecule has 1 aromatic heterocycles. The molecular weight excluding hydrogens is 336 g/mol. The van der Waals surface area contributed by atoms with Gasteiger partial charge in [-0.2, -0.15) is 5.10 Å². The highest BCUT2D eigenvalue weighted by atomic mass is 16.1. The second-order valence-corrected chi connectivity index (χ2v) is 6.56. The van der Waals surface area contributed by atoms with Gasteiger partial charge in [-0.15, -0.1) is 0 Å². The number of para-hydroxylation sites is 2. The predicted octanol–water partition coefficient (Wildman–Crippen LogP) is 3.78. The molecule has 3 rings (SSSR count). The van der Waals surface area contributed by atoms with E-state index in [1.807, 2.05) is 73.1 Å². The van der Waals surface area contributed by atoms with E-state index < -0.39 is 0 Å². The third-order valence-electron chi connectivity index (χ3n) is 4.64. The van der Waals surface area contributed by atoms with Crippen molar-refractivity contribution in [3.63, 3.8) is 0 Å². The zero-order chi connectivity index (χ0) is 19.2. The third kappa shape index (κ3) is 4.44. The van der Waals surface area contributed by atoms with Gasteiger partial charge in [0.15, 0.2) is 0 Å². The van der Waals surface area contributed by atoms with Crippen LogP contribution in [-0.2, 0) is 17.8 Å². The fourth-order valence-corrected chi connectivity index (χ4v) is 3.16. The molecule has 5 nitrogen and oxygen atoms in total. The molecule has 0 radical (unpaired) electrons. The highest BCUT2D eigenvalue weighted by Crippen LogP contribution is 2.20. The van der Waals surface area contributed by atoms with E-state index in [4.69, 9.17) is 0 Å². The maximum absolute atomic E-state index is 12.7. The Bertz CT molecular complexity index is 915. The highest BCUT2D eigenvalue weighted by Gasteiger charge is 2.16. The van der Waals surface area contributed by atoms with Crippen molar-refractivity contribution in [2.45, 2.75) is 33.7 Å². The monoisotopic (exact) mass is 362 g/mol.